The Bertz CT molecular complexity index is 2810. The summed E-state index contributed by atoms with van der Waals surface area (Å²) in [7, 11) is -5.83. The third kappa shape index (κ3) is 8.94. The van der Waals surface area contributed by atoms with Gasteiger partial charge in [0.05, 0.1) is 26.0 Å². The minimum Gasteiger partial charge on any atom is -0.493 e. The molecule has 0 spiro atoms. The summed E-state index contributed by atoms with van der Waals surface area (Å²) in [4.78, 5) is 33.7. The van der Waals surface area contributed by atoms with E-state index in [4.69, 9.17) is 38.9 Å². The predicted molar refractivity (Wildman–Crippen MR) is 262 cm³/mol. The highest BCUT2D eigenvalue weighted by Gasteiger charge is 2.56. The van der Waals surface area contributed by atoms with Gasteiger partial charge in [-0.3, -0.25) is 9.69 Å². The molecule has 0 unspecified atom stereocenters. The molecule has 3 heterocycles. The van der Waals surface area contributed by atoms with Crippen LogP contribution in [0.4, 0.5) is 4.79 Å². The Balaban J connectivity index is 1.37. The summed E-state index contributed by atoms with van der Waals surface area (Å²) in [6.07, 6.45) is 0.349. The highest BCUT2D eigenvalue weighted by Crippen LogP contribution is 2.55. The molecule has 13 nitrogen and oxygen atoms in total. The van der Waals surface area contributed by atoms with Crippen LogP contribution in [0.2, 0.25) is 5.04 Å². The number of hydrogen-bond donors (Lipinski definition) is 0. The summed E-state index contributed by atoms with van der Waals surface area (Å²) in [6.45, 7) is 20.0. The van der Waals surface area contributed by atoms with Crippen molar-refractivity contribution in [3.8, 4) is 28.7 Å². The summed E-state index contributed by atoms with van der Waals surface area (Å²) in [5, 5.41) is 1.52. The van der Waals surface area contributed by atoms with Crippen LogP contribution in [0.1, 0.15) is 87.0 Å². The number of nitrogens with zero attached hydrogens (tertiary/aromatic N) is 2. The van der Waals surface area contributed by atoms with Crippen molar-refractivity contribution in [2.45, 2.75) is 97.2 Å². The Kier molecular flexibility index (Phi) is 13.0. The van der Waals surface area contributed by atoms with Gasteiger partial charge in [-0.25, -0.2) is 4.79 Å². The first-order valence-corrected chi connectivity index (χ1v) is 26.4. The van der Waals surface area contributed by atoms with E-state index >= 15 is 4.79 Å². The molecule has 15 heteroatoms. The van der Waals surface area contributed by atoms with Crippen LogP contribution in [-0.2, 0) is 37.1 Å². The summed E-state index contributed by atoms with van der Waals surface area (Å²) >= 11 is 0. The molecule has 358 valence electrons. The maximum Gasteiger partial charge on any atom is 0.411 e. The standard InChI is InChI=1S/C53H60N2O11SSi/c1-33-27-37-28-41-50(56)54(35(3)45(55(41)51(57)65-52(4,5)6)44(37)49(46(33)60-10)61-30-36-21-15-12-16-22-36)42(40-29-43(66-67(11,58)59)34(2)47-48(40)63-32-62-47)31-64-68(53(7,8)9,38-23-17-13-18-24-38)39-25-19-14-20-26-39/h12-27,29,41-42,45H,3,28,30-32H2,1-2,4-11H3/t41-,42-,45-/m0/s1. The highest BCUT2D eigenvalue weighted by molar-refractivity contribution is 7.86. The fourth-order valence-electron chi connectivity index (χ4n) is 9.91. The van der Waals surface area contributed by atoms with Gasteiger partial charge in [-0.15, -0.1) is 0 Å². The van der Waals surface area contributed by atoms with Gasteiger partial charge in [-0.2, -0.15) is 8.42 Å². The predicted octanol–water partition coefficient (Wildman–Crippen LogP) is 8.83. The average molecular weight is 961 g/mol. The fourth-order valence-corrected chi connectivity index (χ4v) is 15.0. The Morgan fingerprint density at radius 3 is 2.01 bits per heavy atom. The third-order valence-electron chi connectivity index (χ3n) is 12.7. The van der Waals surface area contributed by atoms with Crippen molar-refractivity contribution >= 4 is 40.8 Å². The summed E-state index contributed by atoms with van der Waals surface area (Å²) in [5.74, 6) is 0.965. The van der Waals surface area contributed by atoms with Gasteiger partial charge < -0.3 is 37.2 Å². The van der Waals surface area contributed by atoms with Gasteiger partial charge in [0, 0.05) is 28.8 Å². The quantitative estimate of drug-likeness (QED) is 0.0827. The van der Waals surface area contributed by atoms with Crippen LogP contribution in [-0.4, -0.2) is 76.9 Å². The number of hydrogen-bond acceptors (Lipinski definition) is 11. The monoisotopic (exact) mass is 960 g/mol. The zero-order chi connectivity index (χ0) is 48.9. The molecule has 3 aliphatic rings. The molecule has 8 rings (SSSR count). The van der Waals surface area contributed by atoms with E-state index in [2.05, 4.69) is 45.0 Å². The van der Waals surface area contributed by atoms with Gasteiger partial charge in [-0.1, -0.05) is 124 Å². The minimum absolute atomic E-state index is 0.00463. The molecular formula is C53H60N2O11SSi. The van der Waals surface area contributed by atoms with Crippen molar-refractivity contribution in [2.24, 2.45) is 0 Å². The van der Waals surface area contributed by atoms with Gasteiger partial charge in [0.2, 0.25) is 6.79 Å². The van der Waals surface area contributed by atoms with Crippen molar-refractivity contribution in [1.29, 1.82) is 0 Å². The topological polar surface area (TPSA) is 139 Å². The van der Waals surface area contributed by atoms with Gasteiger partial charge in [-0.05, 0) is 72.8 Å². The largest absolute Gasteiger partial charge is 0.493 e. The Morgan fingerprint density at radius 2 is 1.46 bits per heavy atom. The summed E-state index contributed by atoms with van der Waals surface area (Å²) in [5.41, 5.74) is 3.12. The van der Waals surface area contributed by atoms with Crippen molar-refractivity contribution in [3.05, 3.63) is 149 Å². The second-order valence-corrected chi connectivity index (χ2v) is 25.4. The first kappa shape index (κ1) is 48.2. The van der Waals surface area contributed by atoms with Crippen LogP contribution in [0.3, 0.4) is 0 Å². The number of carbonyl (C=O) groups excluding carboxylic acids is 2. The lowest BCUT2D eigenvalue weighted by atomic mass is 9.80. The van der Waals surface area contributed by atoms with E-state index < -0.39 is 59.2 Å². The molecule has 0 radical (unpaired) electrons. The van der Waals surface area contributed by atoms with Crippen LogP contribution in [0.15, 0.2) is 115 Å². The van der Waals surface area contributed by atoms with Crippen molar-refractivity contribution < 1.29 is 50.3 Å². The molecule has 0 saturated carbocycles. The second kappa shape index (κ2) is 18.3. The number of benzene rings is 5. The molecule has 68 heavy (non-hydrogen) atoms. The number of fused-ring (bicyclic) bond motifs is 5. The average Bonchev–Trinajstić information content (AvgIpc) is 3.78. The van der Waals surface area contributed by atoms with Crippen LogP contribution in [0.5, 0.6) is 28.7 Å². The molecule has 3 aliphatic heterocycles. The molecule has 2 amide bonds. The van der Waals surface area contributed by atoms with E-state index in [1.54, 1.807) is 45.8 Å². The number of rotatable bonds is 13. The zero-order valence-electron chi connectivity index (χ0n) is 40.4. The Labute approximate surface area is 400 Å². The van der Waals surface area contributed by atoms with E-state index in [0.717, 1.165) is 33.3 Å². The number of methoxy groups -OCH3 is 1. The lowest BCUT2D eigenvalue weighted by Gasteiger charge is -2.53. The SMILES string of the molecule is C=C1[C@H]2c3c(cc(C)c(OC)c3OCc3ccccc3)C[C@@H](C(=O)N1[C@@H](CO[Si](c1ccccc1)(c1ccccc1)C(C)(C)C)c1cc(OS(C)(=O)=O)c(C)c3c1OCO3)N2C(=O)OC(C)(C)C. The van der Waals surface area contributed by atoms with Crippen LogP contribution in [0, 0.1) is 13.8 Å². The van der Waals surface area contributed by atoms with E-state index in [1.165, 1.54) is 4.90 Å². The molecule has 3 atom stereocenters. The molecule has 1 saturated heterocycles. The normalized spacial score (nSPS) is 17.4. The van der Waals surface area contributed by atoms with Crippen molar-refractivity contribution in [1.82, 2.24) is 9.80 Å². The lowest BCUT2D eigenvalue weighted by molar-refractivity contribution is -0.145. The van der Waals surface area contributed by atoms with Crippen LogP contribution < -0.4 is 33.5 Å². The van der Waals surface area contributed by atoms with Gasteiger partial charge in [0.15, 0.2) is 23.0 Å². The van der Waals surface area contributed by atoms with E-state index in [0.29, 0.717) is 33.9 Å². The van der Waals surface area contributed by atoms with E-state index in [-0.39, 0.29) is 43.6 Å². The first-order chi connectivity index (χ1) is 32.1. The number of aryl methyl sites for hydroxylation is 1. The van der Waals surface area contributed by atoms with Gasteiger partial charge in [0.25, 0.3) is 14.2 Å². The molecule has 5 aromatic rings. The molecule has 0 aliphatic carbocycles. The second-order valence-electron chi connectivity index (χ2n) is 19.5. The third-order valence-corrected chi connectivity index (χ3v) is 18.2. The van der Waals surface area contributed by atoms with Crippen LogP contribution >= 0.6 is 0 Å². The number of amides is 2. The number of carbonyl (C=O) groups is 2. The van der Waals surface area contributed by atoms with Crippen molar-refractivity contribution in [3.63, 3.8) is 0 Å². The summed E-state index contributed by atoms with van der Waals surface area (Å²) in [6, 6.07) is 30.3. The number of ether oxygens (including phenoxy) is 5. The smallest absolute Gasteiger partial charge is 0.411 e. The number of piperazine rings is 1. The zero-order valence-corrected chi connectivity index (χ0v) is 42.2. The molecule has 2 bridgehead atoms. The first-order valence-electron chi connectivity index (χ1n) is 22.6. The molecule has 1 fully saturated rings. The summed E-state index contributed by atoms with van der Waals surface area (Å²) < 4.78 is 70.2. The van der Waals surface area contributed by atoms with Crippen LogP contribution in [0.25, 0.3) is 0 Å². The molecule has 5 aromatic carbocycles. The fraction of sp³-hybridized carbons (Fsp3) is 0.358. The maximum absolute atomic E-state index is 15.9. The van der Waals surface area contributed by atoms with Gasteiger partial charge in [0.1, 0.15) is 30.0 Å². The van der Waals surface area contributed by atoms with E-state index in [1.807, 2.05) is 79.7 Å². The molecule has 0 aromatic heterocycles. The highest BCUT2D eigenvalue weighted by atomic mass is 32.2. The van der Waals surface area contributed by atoms with Crippen molar-refractivity contribution in [2.75, 3.05) is 26.8 Å². The molecular weight excluding hydrogens is 901 g/mol. The minimum atomic E-state index is -4.05. The Morgan fingerprint density at radius 1 is 0.868 bits per heavy atom. The Hall–Kier alpha value is -6.29. The van der Waals surface area contributed by atoms with Gasteiger partial charge >= 0.3 is 16.2 Å². The lowest BCUT2D eigenvalue weighted by Crippen LogP contribution is -2.67. The maximum atomic E-state index is 15.9. The van der Waals surface area contributed by atoms with E-state index in [9.17, 15) is 13.2 Å². The molecule has 0 N–H and O–H groups in total.